The number of oxime groups is 1. The number of phenols is 1. The van der Waals surface area contributed by atoms with Gasteiger partial charge in [0.05, 0.1) is 0 Å². The van der Waals surface area contributed by atoms with E-state index in [1.54, 1.807) is 17.4 Å². The summed E-state index contributed by atoms with van der Waals surface area (Å²) in [5, 5.41) is 24.6. The van der Waals surface area contributed by atoms with Crippen LogP contribution in [-0.2, 0) is 6.42 Å². The maximum atomic E-state index is 9.94. The molecule has 0 fully saturated rings. The second-order valence-corrected chi connectivity index (χ2v) is 7.65. The Morgan fingerprint density at radius 1 is 1.11 bits per heavy atom. The summed E-state index contributed by atoms with van der Waals surface area (Å²) in [5.41, 5.74) is 12.9. The Balaban J connectivity index is 2.39. The average molecular weight is 381 g/mol. The highest BCUT2D eigenvalue weighted by Crippen LogP contribution is 2.41. The number of hydrogen-bond acceptors (Lipinski definition) is 4. The summed E-state index contributed by atoms with van der Waals surface area (Å²) in [6.07, 6.45) is 1.90. The van der Waals surface area contributed by atoms with Crippen molar-refractivity contribution in [3.05, 3.63) is 64.0 Å². The average Bonchev–Trinajstić information content (AvgIpc) is 3.08. The lowest BCUT2D eigenvalue weighted by molar-refractivity contribution is 0.318. The largest absolute Gasteiger partial charge is 0.508 e. The van der Waals surface area contributed by atoms with Crippen molar-refractivity contribution in [2.24, 2.45) is 10.9 Å². The van der Waals surface area contributed by atoms with Gasteiger partial charge in [0.1, 0.15) is 5.75 Å². The van der Waals surface area contributed by atoms with Crippen molar-refractivity contribution in [3.8, 4) is 27.3 Å². The molecule has 1 heterocycles. The van der Waals surface area contributed by atoms with Gasteiger partial charge in [-0.25, -0.2) is 0 Å². The molecule has 0 unspecified atom stereocenters. The van der Waals surface area contributed by atoms with Crippen LogP contribution in [0.2, 0.25) is 0 Å². The molecule has 0 saturated heterocycles. The second kappa shape index (κ2) is 7.84. The van der Waals surface area contributed by atoms with E-state index in [0.29, 0.717) is 0 Å². The Bertz CT molecular complexity index is 1010. The maximum absolute atomic E-state index is 9.94. The minimum absolute atomic E-state index is 0.104. The van der Waals surface area contributed by atoms with Crippen molar-refractivity contribution in [1.82, 2.24) is 0 Å². The summed E-state index contributed by atoms with van der Waals surface area (Å²) < 4.78 is 0. The van der Waals surface area contributed by atoms with Crippen molar-refractivity contribution in [2.45, 2.75) is 33.6 Å². The molecule has 0 radical (unpaired) electrons. The van der Waals surface area contributed by atoms with E-state index in [4.69, 9.17) is 5.73 Å². The second-order valence-electron chi connectivity index (χ2n) is 6.74. The fraction of sp³-hybridized carbons (Fsp3) is 0.227. The van der Waals surface area contributed by atoms with Crippen LogP contribution in [0.25, 0.3) is 21.6 Å². The van der Waals surface area contributed by atoms with Crippen molar-refractivity contribution in [2.75, 3.05) is 0 Å². The SMILES string of the molecule is CCCc1cc(/C(N)=N/O)c(-c2sccc2C)c(-c2ccc(O)c(C)c2)c1. The monoisotopic (exact) mass is 380 g/mol. The number of hydrogen-bond donors (Lipinski definition) is 3. The van der Waals surface area contributed by atoms with Crippen LogP contribution in [0.3, 0.4) is 0 Å². The molecular formula is C22H24N2O2S. The van der Waals surface area contributed by atoms with Crippen molar-refractivity contribution in [1.29, 1.82) is 0 Å². The molecule has 0 amide bonds. The lowest BCUT2D eigenvalue weighted by atomic mass is 9.89. The molecule has 0 aliphatic heterocycles. The number of nitrogens with zero attached hydrogens (tertiary/aromatic N) is 1. The van der Waals surface area contributed by atoms with Crippen LogP contribution in [-0.4, -0.2) is 16.1 Å². The molecule has 0 aliphatic carbocycles. The van der Waals surface area contributed by atoms with Crippen molar-refractivity contribution < 1.29 is 10.3 Å². The van der Waals surface area contributed by atoms with Crippen LogP contribution in [0.4, 0.5) is 0 Å². The number of rotatable bonds is 5. The van der Waals surface area contributed by atoms with Crippen LogP contribution in [0.15, 0.2) is 46.9 Å². The van der Waals surface area contributed by atoms with Gasteiger partial charge in [-0.05, 0) is 77.7 Å². The topological polar surface area (TPSA) is 78.8 Å². The minimum Gasteiger partial charge on any atom is -0.508 e. The van der Waals surface area contributed by atoms with Gasteiger partial charge in [-0.2, -0.15) is 0 Å². The van der Waals surface area contributed by atoms with E-state index in [0.717, 1.165) is 56.7 Å². The highest BCUT2D eigenvalue weighted by atomic mass is 32.1. The van der Waals surface area contributed by atoms with Crippen LogP contribution in [0.5, 0.6) is 5.75 Å². The molecule has 4 N–H and O–H groups in total. The third-order valence-corrected chi connectivity index (χ3v) is 5.75. The first-order valence-electron chi connectivity index (χ1n) is 8.95. The molecule has 2 aromatic carbocycles. The highest BCUT2D eigenvalue weighted by molar-refractivity contribution is 7.13. The third-order valence-electron chi connectivity index (χ3n) is 4.72. The lowest BCUT2D eigenvalue weighted by Crippen LogP contribution is -2.15. The Labute approximate surface area is 163 Å². The molecule has 0 aliphatic rings. The van der Waals surface area contributed by atoms with Crippen LogP contribution < -0.4 is 5.73 Å². The zero-order valence-corrected chi connectivity index (χ0v) is 16.6. The van der Waals surface area contributed by atoms with E-state index >= 15 is 0 Å². The number of aryl methyl sites for hydroxylation is 3. The fourth-order valence-electron chi connectivity index (χ4n) is 3.31. The van der Waals surface area contributed by atoms with Gasteiger partial charge >= 0.3 is 0 Å². The predicted octanol–water partition coefficient (Wildman–Crippen LogP) is 5.45. The van der Waals surface area contributed by atoms with Crippen molar-refractivity contribution >= 4 is 17.2 Å². The molecule has 3 aromatic rings. The van der Waals surface area contributed by atoms with Gasteiger partial charge in [0.2, 0.25) is 0 Å². The highest BCUT2D eigenvalue weighted by Gasteiger charge is 2.20. The molecule has 27 heavy (non-hydrogen) atoms. The summed E-state index contributed by atoms with van der Waals surface area (Å²) in [4.78, 5) is 1.10. The van der Waals surface area contributed by atoms with E-state index < -0.39 is 0 Å². The van der Waals surface area contributed by atoms with Gasteiger partial charge in [0.15, 0.2) is 5.84 Å². The maximum Gasteiger partial charge on any atom is 0.170 e. The summed E-state index contributed by atoms with van der Waals surface area (Å²) in [7, 11) is 0. The first-order valence-corrected chi connectivity index (χ1v) is 9.83. The zero-order chi connectivity index (χ0) is 19.6. The number of phenolic OH excluding ortho intramolecular Hbond substituents is 1. The quantitative estimate of drug-likeness (QED) is 0.238. The summed E-state index contributed by atoms with van der Waals surface area (Å²) in [6, 6.07) is 11.9. The molecule has 0 bridgehead atoms. The van der Waals surface area contributed by atoms with Crippen LogP contribution >= 0.6 is 11.3 Å². The summed E-state index contributed by atoms with van der Waals surface area (Å²) >= 11 is 1.64. The molecule has 0 saturated carbocycles. The summed E-state index contributed by atoms with van der Waals surface area (Å²) in [6.45, 7) is 6.08. The molecule has 0 spiro atoms. The van der Waals surface area contributed by atoms with Gasteiger partial charge < -0.3 is 16.0 Å². The van der Waals surface area contributed by atoms with E-state index in [1.807, 2.05) is 30.5 Å². The predicted molar refractivity (Wildman–Crippen MR) is 113 cm³/mol. The number of thiophene rings is 1. The van der Waals surface area contributed by atoms with E-state index in [9.17, 15) is 10.3 Å². The Morgan fingerprint density at radius 3 is 2.48 bits per heavy atom. The number of nitrogens with two attached hydrogens (primary N) is 1. The Kier molecular flexibility index (Phi) is 5.51. The number of aromatic hydroxyl groups is 1. The number of amidine groups is 1. The van der Waals surface area contributed by atoms with Gasteiger partial charge in [-0.3, -0.25) is 0 Å². The minimum atomic E-state index is 0.104. The molecule has 3 rings (SSSR count). The molecule has 1 aromatic heterocycles. The van der Waals surface area contributed by atoms with Gasteiger partial charge in [0, 0.05) is 16.0 Å². The van der Waals surface area contributed by atoms with E-state index in [2.05, 4.69) is 31.1 Å². The van der Waals surface area contributed by atoms with E-state index in [-0.39, 0.29) is 11.6 Å². The third kappa shape index (κ3) is 3.69. The molecule has 4 nitrogen and oxygen atoms in total. The Morgan fingerprint density at radius 2 is 1.89 bits per heavy atom. The molecule has 5 heteroatoms. The van der Waals surface area contributed by atoms with Gasteiger partial charge in [0.25, 0.3) is 0 Å². The van der Waals surface area contributed by atoms with Crippen molar-refractivity contribution in [3.63, 3.8) is 0 Å². The van der Waals surface area contributed by atoms with Gasteiger partial charge in [-0.1, -0.05) is 30.6 Å². The first-order chi connectivity index (χ1) is 13.0. The van der Waals surface area contributed by atoms with E-state index in [1.165, 1.54) is 0 Å². The molecule has 0 atom stereocenters. The fourth-order valence-corrected chi connectivity index (χ4v) is 4.31. The standard InChI is InChI=1S/C22H24N2O2S/c1-4-5-15-11-17(16-6-7-19(25)14(3)10-16)20(18(12-15)22(23)24-26)21-13(2)8-9-27-21/h6-12,25-26H,4-5H2,1-3H3,(H2,23,24). The van der Waals surface area contributed by atoms with Crippen LogP contribution in [0.1, 0.15) is 35.6 Å². The smallest absolute Gasteiger partial charge is 0.170 e. The van der Waals surface area contributed by atoms with Gasteiger partial charge in [-0.15, -0.1) is 11.3 Å². The summed E-state index contributed by atoms with van der Waals surface area (Å²) in [5.74, 6) is 0.376. The normalized spacial score (nSPS) is 11.7. The molecular weight excluding hydrogens is 356 g/mol. The Hall–Kier alpha value is -2.79. The number of benzene rings is 2. The van der Waals surface area contributed by atoms with Crippen LogP contribution in [0, 0.1) is 13.8 Å². The lowest BCUT2D eigenvalue weighted by Gasteiger charge is -2.18. The zero-order valence-electron chi connectivity index (χ0n) is 15.8. The first kappa shape index (κ1) is 19.0. The molecule has 140 valence electrons.